The number of rotatable bonds is 6. The van der Waals surface area contributed by atoms with Crippen LogP contribution in [0, 0.1) is 13.8 Å². The zero-order valence-corrected chi connectivity index (χ0v) is 17.8. The lowest BCUT2D eigenvalue weighted by atomic mass is 10.1. The summed E-state index contributed by atoms with van der Waals surface area (Å²) in [5, 5.41) is 7.05. The van der Waals surface area contributed by atoms with Crippen molar-refractivity contribution in [3.05, 3.63) is 38.7 Å². The number of nitrogens with one attached hydrogen (secondary N) is 1. The van der Waals surface area contributed by atoms with Crippen LogP contribution in [-0.4, -0.2) is 41.2 Å². The van der Waals surface area contributed by atoms with Crippen LogP contribution in [0.5, 0.6) is 0 Å². The first-order chi connectivity index (χ1) is 13.2. The molecular formula is C20H26N4OS2. The molecule has 4 heterocycles. The van der Waals surface area contributed by atoms with E-state index in [2.05, 4.69) is 48.5 Å². The van der Waals surface area contributed by atoms with Gasteiger partial charge in [-0.15, -0.1) is 22.7 Å². The third-order valence-electron chi connectivity index (χ3n) is 5.15. The van der Waals surface area contributed by atoms with Crippen LogP contribution < -0.4 is 5.32 Å². The molecule has 27 heavy (non-hydrogen) atoms. The largest absolute Gasteiger partial charge is 0.379 e. The molecule has 3 aromatic heterocycles. The zero-order valence-electron chi connectivity index (χ0n) is 16.1. The zero-order chi connectivity index (χ0) is 18.8. The number of fused-ring (bicyclic) bond motifs is 1. The summed E-state index contributed by atoms with van der Waals surface area (Å²) in [5.74, 6) is 1.87. The molecule has 1 N–H and O–H groups in total. The van der Waals surface area contributed by atoms with Crippen molar-refractivity contribution < 1.29 is 4.74 Å². The van der Waals surface area contributed by atoms with Gasteiger partial charge in [-0.1, -0.05) is 13.0 Å². The maximum atomic E-state index is 5.47. The first-order valence-electron chi connectivity index (χ1n) is 9.52. The van der Waals surface area contributed by atoms with E-state index in [4.69, 9.17) is 14.7 Å². The van der Waals surface area contributed by atoms with Gasteiger partial charge in [0.05, 0.1) is 31.2 Å². The highest BCUT2D eigenvalue weighted by molar-refractivity contribution is 7.18. The van der Waals surface area contributed by atoms with Crippen molar-refractivity contribution in [2.45, 2.75) is 39.8 Å². The summed E-state index contributed by atoms with van der Waals surface area (Å²) in [6, 6.07) is 4.59. The molecule has 1 atom stereocenters. The molecule has 1 aliphatic rings. The lowest BCUT2D eigenvalue weighted by Crippen LogP contribution is -2.36. The number of thiophene rings is 2. The quantitative estimate of drug-likeness (QED) is 0.644. The van der Waals surface area contributed by atoms with Gasteiger partial charge in [0.25, 0.3) is 0 Å². The van der Waals surface area contributed by atoms with Gasteiger partial charge >= 0.3 is 0 Å². The first-order valence-corrected chi connectivity index (χ1v) is 11.2. The predicted molar refractivity (Wildman–Crippen MR) is 114 cm³/mol. The molecule has 0 spiro atoms. The molecule has 5 nitrogen and oxygen atoms in total. The van der Waals surface area contributed by atoms with E-state index in [0.29, 0.717) is 0 Å². The van der Waals surface area contributed by atoms with Crippen LogP contribution >= 0.6 is 22.7 Å². The van der Waals surface area contributed by atoms with Crippen LogP contribution in [0.4, 0.5) is 5.82 Å². The van der Waals surface area contributed by atoms with Gasteiger partial charge in [0.15, 0.2) is 0 Å². The molecule has 0 aliphatic carbocycles. The smallest absolute Gasteiger partial charge is 0.146 e. The predicted octanol–water partition coefficient (Wildman–Crippen LogP) is 4.77. The van der Waals surface area contributed by atoms with Gasteiger partial charge in [0.2, 0.25) is 0 Å². The van der Waals surface area contributed by atoms with E-state index in [1.807, 2.05) is 0 Å². The average Bonchev–Trinajstić information content (AvgIpc) is 3.29. The highest BCUT2D eigenvalue weighted by atomic mass is 32.1. The molecule has 0 aromatic carbocycles. The van der Waals surface area contributed by atoms with Crippen molar-refractivity contribution in [2.75, 3.05) is 31.6 Å². The van der Waals surface area contributed by atoms with Gasteiger partial charge in [0, 0.05) is 22.8 Å². The Labute approximate surface area is 168 Å². The van der Waals surface area contributed by atoms with Crippen molar-refractivity contribution in [1.82, 2.24) is 14.9 Å². The molecule has 4 rings (SSSR count). The van der Waals surface area contributed by atoms with E-state index in [1.165, 1.54) is 20.7 Å². The fraction of sp³-hybridized carbons (Fsp3) is 0.500. The number of aryl methyl sites for hydroxylation is 2. The summed E-state index contributed by atoms with van der Waals surface area (Å²) in [7, 11) is 0. The number of hydrogen-bond donors (Lipinski definition) is 1. The second-order valence-corrected chi connectivity index (χ2v) is 9.14. The maximum absolute atomic E-state index is 5.47. The second-order valence-electron chi connectivity index (χ2n) is 6.96. The molecule has 1 saturated heterocycles. The summed E-state index contributed by atoms with van der Waals surface area (Å²) in [4.78, 5) is 16.0. The van der Waals surface area contributed by atoms with Crippen molar-refractivity contribution in [1.29, 1.82) is 0 Å². The molecular weight excluding hydrogens is 376 g/mol. The molecule has 1 fully saturated rings. The number of aromatic nitrogens is 2. The maximum Gasteiger partial charge on any atom is 0.146 e. The summed E-state index contributed by atoms with van der Waals surface area (Å²) in [5.41, 5.74) is 1.29. The Bertz CT molecular complexity index is 900. The second kappa shape index (κ2) is 8.22. The third-order valence-corrected chi connectivity index (χ3v) is 7.24. The van der Waals surface area contributed by atoms with E-state index in [9.17, 15) is 0 Å². The minimum absolute atomic E-state index is 0.277. The van der Waals surface area contributed by atoms with E-state index in [0.717, 1.165) is 55.7 Å². The van der Waals surface area contributed by atoms with Crippen LogP contribution in [0.1, 0.15) is 40.5 Å². The molecule has 3 aromatic rings. The molecule has 1 aliphatic heterocycles. The standard InChI is InChI=1S/C20H26N4OS2/c1-4-15(16-6-5-11-26-16)21-19-18-13(2)14(3)27-20(18)23-17(22-19)12-24-7-9-25-10-8-24/h5-6,11,15H,4,7-10,12H2,1-3H3,(H,21,22,23). The minimum Gasteiger partial charge on any atom is -0.379 e. The Kier molecular flexibility index (Phi) is 5.73. The number of nitrogens with zero attached hydrogens (tertiary/aromatic N) is 3. The van der Waals surface area contributed by atoms with Crippen molar-refractivity contribution in [3.8, 4) is 0 Å². The van der Waals surface area contributed by atoms with Gasteiger partial charge in [-0.25, -0.2) is 9.97 Å². The lowest BCUT2D eigenvalue weighted by Gasteiger charge is -2.26. The van der Waals surface area contributed by atoms with Gasteiger partial charge in [-0.2, -0.15) is 0 Å². The van der Waals surface area contributed by atoms with Crippen molar-refractivity contribution >= 4 is 38.7 Å². The summed E-state index contributed by atoms with van der Waals surface area (Å²) in [6.07, 6.45) is 1.02. The molecule has 0 radical (unpaired) electrons. The van der Waals surface area contributed by atoms with Crippen LogP contribution in [0.2, 0.25) is 0 Å². The highest BCUT2D eigenvalue weighted by Gasteiger charge is 2.20. The van der Waals surface area contributed by atoms with Crippen LogP contribution in [0.3, 0.4) is 0 Å². The van der Waals surface area contributed by atoms with E-state index < -0.39 is 0 Å². The summed E-state index contributed by atoms with van der Waals surface area (Å²) in [6.45, 7) is 10.8. The van der Waals surface area contributed by atoms with Gasteiger partial charge in [-0.05, 0) is 37.3 Å². The number of morpholine rings is 1. The topological polar surface area (TPSA) is 50.3 Å². The summed E-state index contributed by atoms with van der Waals surface area (Å²) < 4.78 is 5.47. The van der Waals surface area contributed by atoms with Gasteiger partial charge in [-0.3, -0.25) is 4.90 Å². The average molecular weight is 403 g/mol. The lowest BCUT2D eigenvalue weighted by molar-refractivity contribution is 0.0331. The highest BCUT2D eigenvalue weighted by Crippen LogP contribution is 2.36. The Morgan fingerprint density at radius 3 is 2.78 bits per heavy atom. The SMILES string of the molecule is CCC(Nc1nc(CN2CCOCC2)nc2sc(C)c(C)c12)c1cccs1. The van der Waals surface area contributed by atoms with Crippen LogP contribution in [0.25, 0.3) is 10.2 Å². The fourth-order valence-corrected chi connectivity index (χ4v) is 5.37. The normalized spacial score (nSPS) is 16.7. The van der Waals surface area contributed by atoms with E-state index >= 15 is 0 Å². The third kappa shape index (κ3) is 4.01. The number of hydrogen-bond acceptors (Lipinski definition) is 7. The molecule has 0 saturated carbocycles. The molecule has 0 bridgehead atoms. The molecule has 1 unspecified atom stereocenters. The Morgan fingerprint density at radius 1 is 1.26 bits per heavy atom. The van der Waals surface area contributed by atoms with Crippen molar-refractivity contribution in [3.63, 3.8) is 0 Å². The molecule has 144 valence electrons. The Hall–Kier alpha value is -1.54. The minimum atomic E-state index is 0.277. The van der Waals surface area contributed by atoms with Gasteiger partial charge in [0.1, 0.15) is 16.5 Å². The number of ether oxygens (including phenoxy) is 1. The number of anilines is 1. The van der Waals surface area contributed by atoms with Crippen molar-refractivity contribution in [2.24, 2.45) is 0 Å². The van der Waals surface area contributed by atoms with E-state index in [1.54, 1.807) is 22.7 Å². The van der Waals surface area contributed by atoms with Crippen LogP contribution in [-0.2, 0) is 11.3 Å². The molecule has 7 heteroatoms. The first kappa shape index (κ1) is 18.8. The van der Waals surface area contributed by atoms with Crippen LogP contribution in [0.15, 0.2) is 17.5 Å². The Balaban J connectivity index is 1.69. The van der Waals surface area contributed by atoms with Gasteiger partial charge < -0.3 is 10.1 Å². The fourth-order valence-electron chi connectivity index (χ4n) is 3.46. The summed E-state index contributed by atoms with van der Waals surface area (Å²) >= 11 is 3.57. The Morgan fingerprint density at radius 2 is 2.07 bits per heavy atom. The molecule has 0 amide bonds. The van der Waals surface area contributed by atoms with E-state index in [-0.39, 0.29) is 6.04 Å². The monoisotopic (exact) mass is 402 g/mol.